The fourth-order valence-corrected chi connectivity index (χ4v) is 1.91. The van der Waals surface area contributed by atoms with E-state index < -0.39 is 5.91 Å². The van der Waals surface area contributed by atoms with Crippen LogP contribution >= 0.6 is 0 Å². The van der Waals surface area contributed by atoms with Crippen molar-refractivity contribution in [2.75, 3.05) is 5.32 Å². The number of aryl methyl sites for hydroxylation is 2. The summed E-state index contributed by atoms with van der Waals surface area (Å²) in [4.78, 5) is 23.4. The molecule has 1 aromatic carbocycles. The summed E-state index contributed by atoms with van der Waals surface area (Å²) >= 11 is 0. The van der Waals surface area contributed by atoms with Crippen molar-refractivity contribution in [1.29, 1.82) is 0 Å². The van der Waals surface area contributed by atoms with Gasteiger partial charge in [0.25, 0.3) is 11.8 Å². The van der Waals surface area contributed by atoms with Crippen molar-refractivity contribution in [2.24, 2.45) is 12.8 Å². The minimum atomic E-state index is -0.637. The summed E-state index contributed by atoms with van der Waals surface area (Å²) in [5, 5.41) is 6.56. The molecule has 0 bridgehead atoms. The number of nitrogens with two attached hydrogens (primary N) is 1. The first-order chi connectivity index (χ1) is 9.52. The highest BCUT2D eigenvalue weighted by molar-refractivity contribution is 6.08. The van der Waals surface area contributed by atoms with Gasteiger partial charge in [-0.05, 0) is 24.1 Å². The molecule has 1 aromatic heterocycles. The Balaban J connectivity index is 2.21. The third-order valence-corrected chi connectivity index (χ3v) is 3.04. The summed E-state index contributed by atoms with van der Waals surface area (Å²) in [6.45, 7) is 2.05. The fourth-order valence-electron chi connectivity index (χ4n) is 1.91. The first-order valence-electron chi connectivity index (χ1n) is 6.25. The van der Waals surface area contributed by atoms with Crippen LogP contribution in [0.25, 0.3) is 0 Å². The maximum Gasteiger partial charge on any atom is 0.269 e. The maximum atomic E-state index is 12.1. The molecule has 0 fully saturated rings. The number of amides is 2. The molecule has 2 amide bonds. The second kappa shape index (κ2) is 5.56. The zero-order chi connectivity index (χ0) is 14.7. The number of hydrogen-bond acceptors (Lipinski definition) is 3. The van der Waals surface area contributed by atoms with Crippen molar-refractivity contribution in [3.8, 4) is 0 Å². The predicted octanol–water partition coefficient (Wildman–Crippen LogP) is 1.33. The van der Waals surface area contributed by atoms with E-state index in [-0.39, 0.29) is 11.6 Å². The third kappa shape index (κ3) is 2.69. The van der Waals surface area contributed by atoms with E-state index in [4.69, 9.17) is 5.73 Å². The van der Waals surface area contributed by atoms with Gasteiger partial charge in [-0.3, -0.25) is 14.3 Å². The standard InChI is InChI=1S/C14H16N4O2/c1-3-9-4-6-10(7-5-9)14(20)17-11-8-16-18(2)12(11)13(15)19/h4-8H,3H2,1-2H3,(H2,15,19)(H,17,20). The molecule has 0 atom stereocenters. The zero-order valence-electron chi connectivity index (χ0n) is 11.4. The van der Waals surface area contributed by atoms with E-state index in [0.717, 1.165) is 12.0 Å². The van der Waals surface area contributed by atoms with E-state index in [1.165, 1.54) is 10.9 Å². The lowest BCUT2D eigenvalue weighted by atomic mass is 10.1. The molecule has 0 spiro atoms. The lowest BCUT2D eigenvalue weighted by Gasteiger charge is -2.06. The van der Waals surface area contributed by atoms with Gasteiger partial charge in [-0.25, -0.2) is 0 Å². The Kier molecular flexibility index (Phi) is 3.84. The van der Waals surface area contributed by atoms with Crippen LogP contribution in [0.5, 0.6) is 0 Å². The number of benzene rings is 1. The molecule has 3 N–H and O–H groups in total. The SMILES string of the molecule is CCc1ccc(C(=O)Nc2cnn(C)c2C(N)=O)cc1. The van der Waals surface area contributed by atoms with E-state index in [1.807, 2.05) is 19.1 Å². The van der Waals surface area contributed by atoms with Crippen LogP contribution in [0.15, 0.2) is 30.5 Å². The predicted molar refractivity (Wildman–Crippen MR) is 75.5 cm³/mol. The molecule has 1 heterocycles. The molecule has 0 saturated heterocycles. The average Bonchev–Trinajstić information content (AvgIpc) is 2.79. The molecular formula is C14H16N4O2. The second-order valence-corrected chi connectivity index (χ2v) is 4.40. The van der Waals surface area contributed by atoms with Crippen molar-refractivity contribution in [3.63, 3.8) is 0 Å². The van der Waals surface area contributed by atoms with Gasteiger partial charge in [0.1, 0.15) is 5.69 Å². The number of aromatic nitrogens is 2. The number of nitrogens with one attached hydrogen (secondary N) is 1. The number of anilines is 1. The Morgan fingerprint density at radius 2 is 1.95 bits per heavy atom. The molecule has 0 aliphatic heterocycles. The number of nitrogens with zero attached hydrogens (tertiary/aromatic N) is 2. The summed E-state index contributed by atoms with van der Waals surface area (Å²) in [6, 6.07) is 7.28. The number of hydrogen-bond donors (Lipinski definition) is 2. The second-order valence-electron chi connectivity index (χ2n) is 4.40. The van der Waals surface area contributed by atoms with Crippen LogP contribution in [0, 0.1) is 0 Å². The van der Waals surface area contributed by atoms with E-state index >= 15 is 0 Å². The number of carbonyl (C=O) groups is 2. The van der Waals surface area contributed by atoms with Gasteiger partial charge in [0.05, 0.1) is 11.9 Å². The molecular weight excluding hydrogens is 256 g/mol. The first-order valence-corrected chi connectivity index (χ1v) is 6.25. The summed E-state index contributed by atoms with van der Waals surface area (Å²) in [6.07, 6.45) is 2.31. The molecule has 2 aromatic rings. The lowest BCUT2D eigenvalue weighted by molar-refractivity contribution is 0.0992. The van der Waals surface area contributed by atoms with Crippen LogP contribution in [0.4, 0.5) is 5.69 Å². The van der Waals surface area contributed by atoms with Crippen molar-refractivity contribution in [2.45, 2.75) is 13.3 Å². The monoisotopic (exact) mass is 272 g/mol. The highest BCUT2D eigenvalue weighted by Gasteiger charge is 2.16. The van der Waals surface area contributed by atoms with Gasteiger partial charge >= 0.3 is 0 Å². The quantitative estimate of drug-likeness (QED) is 0.879. The largest absolute Gasteiger partial charge is 0.364 e. The van der Waals surface area contributed by atoms with Crippen LogP contribution < -0.4 is 11.1 Å². The van der Waals surface area contributed by atoms with Gasteiger partial charge in [0, 0.05) is 12.6 Å². The smallest absolute Gasteiger partial charge is 0.269 e. The molecule has 6 heteroatoms. The number of primary amides is 1. The molecule has 0 aliphatic rings. The van der Waals surface area contributed by atoms with Crippen LogP contribution in [0.1, 0.15) is 33.3 Å². The minimum absolute atomic E-state index is 0.170. The molecule has 104 valence electrons. The lowest BCUT2D eigenvalue weighted by Crippen LogP contribution is -2.20. The van der Waals surface area contributed by atoms with Crippen LogP contribution in [0.3, 0.4) is 0 Å². The van der Waals surface area contributed by atoms with Gasteiger partial charge in [-0.2, -0.15) is 5.10 Å². The Morgan fingerprint density at radius 1 is 1.30 bits per heavy atom. The molecule has 0 radical (unpaired) electrons. The summed E-state index contributed by atoms with van der Waals surface area (Å²) in [5.74, 6) is -0.940. The molecule has 0 aliphatic carbocycles. The number of carbonyl (C=O) groups excluding carboxylic acids is 2. The van der Waals surface area contributed by atoms with E-state index in [2.05, 4.69) is 10.4 Å². The van der Waals surface area contributed by atoms with Gasteiger partial charge in [0.2, 0.25) is 0 Å². The Bertz CT molecular complexity index is 644. The highest BCUT2D eigenvalue weighted by atomic mass is 16.2. The van der Waals surface area contributed by atoms with Crippen molar-refractivity contribution in [3.05, 3.63) is 47.3 Å². The highest BCUT2D eigenvalue weighted by Crippen LogP contribution is 2.15. The Hall–Kier alpha value is -2.63. The van der Waals surface area contributed by atoms with Crippen molar-refractivity contribution < 1.29 is 9.59 Å². The van der Waals surface area contributed by atoms with Crippen LogP contribution in [0.2, 0.25) is 0 Å². The van der Waals surface area contributed by atoms with Gasteiger partial charge < -0.3 is 11.1 Å². The zero-order valence-corrected chi connectivity index (χ0v) is 11.4. The fraction of sp³-hybridized carbons (Fsp3) is 0.214. The summed E-state index contributed by atoms with van der Waals surface area (Å²) in [5.41, 5.74) is 7.41. The Labute approximate surface area is 116 Å². The van der Waals surface area contributed by atoms with Gasteiger partial charge in [-0.15, -0.1) is 0 Å². The normalized spacial score (nSPS) is 10.3. The van der Waals surface area contributed by atoms with Crippen molar-refractivity contribution >= 4 is 17.5 Å². The van der Waals surface area contributed by atoms with Crippen molar-refractivity contribution in [1.82, 2.24) is 9.78 Å². The molecule has 20 heavy (non-hydrogen) atoms. The maximum absolute atomic E-state index is 12.1. The summed E-state index contributed by atoms with van der Waals surface area (Å²) < 4.78 is 1.33. The van der Waals surface area contributed by atoms with E-state index in [1.54, 1.807) is 19.2 Å². The van der Waals surface area contributed by atoms with E-state index in [9.17, 15) is 9.59 Å². The van der Waals surface area contributed by atoms with E-state index in [0.29, 0.717) is 11.3 Å². The molecule has 0 saturated carbocycles. The van der Waals surface area contributed by atoms with Gasteiger partial charge in [-0.1, -0.05) is 19.1 Å². The first kappa shape index (κ1) is 13.8. The summed E-state index contributed by atoms with van der Waals surface area (Å²) in [7, 11) is 1.59. The van der Waals surface area contributed by atoms with Crippen LogP contribution in [-0.4, -0.2) is 21.6 Å². The van der Waals surface area contributed by atoms with Gasteiger partial charge in [0.15, 0.2) is 0 Å². The number of rotatable bonds is 4. The molecule has 2 rings (SSSR count). The topological polar surface area (TPSA) is 90.0 Å². The third-order valence-electron chi connectivity index (χ3n) is 3.04. The molecule has 6 nitrogen and oxygen atoms in total. The van der Waals surface area contributed by atoms with Crippen LogP contribution in [-0.2, 0) is 13.5 Å². The minimum Gasteiger partial charge on any atom is -0.364 e. The molecule has 0 unspecified atom stereocenters. The average molecular weight is 272 g/mol. The Morgan fingerprint density at radius 3 is 2.50 bits per heavy atom.